The Morgan fingerprint density at radius 2 is 1.77 bits per heavy atom. The highest BCUT2D eigenvalue weighted by molar-refractivity contribution is 6.30. The Labute approximate surface area is 125 Å². The normalized spacial score (nSPS) is 14.3. The lowest BCUT2D eigenvalue weighted by molar-refractivity contribution is -0.194. The first-order chi connectivity index (χ1) is 9.87. The van der Waals surface area contributed by atoms with Crippen molar-refractivity contribution in [3.63, 3.8) is 0 Å². The van der Waals surface area contributed by atoms with E-state index in [1.54, 1.807) is 0 Å². The molecule has 0 aliphatic heterocycles. The fourth-order valence-electron chi connectivity index (χ4n) is 1.53. The quantitative estimate of drug-likeness (QED) is 0.651. The van der Waals surface area contributed by atoms with Gasteiger partial charge < -0.3 is 10.4 Å². The number of aliphatic carboxylic acids is 1. The molecule has 1 amide bonds. The fraction of sp³-hybridized carbons (Fsp3) is 0.333. The van der Waals surface area contributed by atoms with Crippen LogP contribution < -0.4 is 5.32 Å². The summed E-state index contributed by atoms with van der Waals surface area (Å²) in [4.78, 5) is 22.3. The number of hydrogen-bond donors (Lipinski definition) is 2. The van der Waals surface area contributed by atoms with Gasteiger partial charge in [-0.15, -0.1) is 0 Å². The Balaban J connectivity index is 3.17. The first kappa shape index (κ1) is 18.1. The molecule has 122 valence electrons. The molecule has 4 nitrogen and oxygen atoms in total. The Bertz CT molecular complexity index is 620. The van der Waals surface area contributed by atoms with Crippen LogP contribution in [0.2, 0.25) is 5.02 Å². The van der Waals surface area contributed by atoms with Gasteiger partial charge in [0, 0.05) is 0 Å². The van der Waals surface area contributed by atoms with Crippen molar-refractivity contribution in [2.45, 2.75) is 25.1 Å². The van der Waals surface area contributed by atoms with Crippen LogP contribution in [0.4, 0.5) is 22.0 Å². The maximum atomic E-state index is 13.5. The monoisotopic (exact) mass is 345 g/mol. The van der Waals surface area contributed by atoms with E-state index in [1.165, 1.54) is 5.32 Å². The van der Waals surface area contributed by atoms with Crippen LogP contribution in [-0.4, -0.2) is 28.7 Å². The van der Waals surface area contributed by atoms with Gasteiger partial charge in [-0.1, -0.05) is 11.6 Å². The van der Waals surface area contributed by atoms with E-state index in [4.69, 9.17) is 16.7 Å². The van der Waals surface area contributed by atoms with E-state index in [1.807, 2.05) is 0 Å². The zero-order valence-corrected chi connectivity index (χ0v) is 11.6. The summed E-state index contributed by atoms with van der Waals surface area (Å²) >= 11 is 5.26. The van der Waals surface area contributed by atoms with Gasteiger partial charge in [0.25, 0.3) is 5.91 Å². The van der Waals surface area contributed by atoms with Crippen LogP contribution in [0.3, 0.4) is 0 Å². The van der Waals surface area contributed by atoms with Crippen LogP contribution in [0.1, 0.15) is 23.7 Å². The number of carbonyl (C=O) groups is 2. The van der Waals surface area contributed by atoms with Crippen molar-refractivity contribution in [2.75, 3.05) is 0 Å². The Morgan fingerprint density at radius 3 is 2.23 bits per heavy atom. The highest BCUT2D eigenvalue weighted by Crippen LogP contribution is 2.33. The van der Waals surface area contributed by atoms with E-state index < -0.39 is 52.2 Å². The van der Waals surface area contributed by atoms with Crippen molar-refractivity contribution in [3.8, 4) is 0 Å². The van der Waals surface area contributed by atoms with Crippen LogP contribution in [0.25, 0.3) is 0 Å². The predicted molar refractivity (Wildman–Crippen MR) is 65.5 cm³/mol. The largest absolute Gasteiger partial charge is 0.481 e. The van der Waals surface area contributed by atoms with E-state index >= 15 is 0 Å². The van der Waals surface area contributed by atoms with Gasteiger partial charge in [-0.25, -0.2) is 8.78 Å². The number of carbonyl (C=O) groups excluding carboxylic acids is 1. The zero-order chi connectivity index (χ0) is 17.3. The second kappa shape index (κ2) is 6.07. The van der Waals surface area contributed by atoms with Gasteiger partial charge in [-0.3, -0.25) is 9.59 Å². The average Bonchev–Trinajstić information content (AvgIpc) is 2.31. The second-order valence-electron chi connectivity index (χ2n) is 4.60. The lowest BCUT2D eigenvalue weighted by Crippen LogP contribution is -2.57. The Kier molecular flexibility index (Phi) is 5.01. The van der Waals surface area contributed by atoms with Crippen molar-refractivity contribution >= 4 is 23.5 Å². The summed E-state index contributed by atoms with van der Waals surface area (Å²) in [5, 5.41) is 9.25. The number of amides is 1. The molecule has 1 rings (SSSR count). The summed E-state index contributed by atoms with van der Waals surface area (Å²) < 4.78 is 65.5. The van der Waals surface area contributed by atoms with E-state index in [0.29, 0.717) is 19.1 Å². The smallest absolute Gasteiger partial charge is 0.411 e. The van der Waals surface area contributed by atoms with E-state index in [-0.39, 0.29) is 0 Å². The molecule has 0 radical (unpaired) electrons. The number of carboxylic acids is 1. The summed E-state index contributed by atoms with van der Waals surface area (Å²) in [6.07, 6.45) is -6.61. The molecule has 0 aliphatic carbocycles. The van der Waals surface area contributed by atoms with E-state index in [0.717, 1.165) is 0 Å². The molecule has 10 heteroatoms. The summed E-state index contributed by atoms with van der Waals surface area (Å²) in [6.45, 7) is 0.420. The number of halogens is 6. The molecule has 1 atom stereocenters. The third-order valence-corrected chi connectivity index (χ3v) is 3.06. The van der Waals surface area contributed by atoms with Gasteiger partial charge in [0.2, 0.25) is 0 Å². The molecule has 0 aliphatic rings. The van der Waals surface area contributed by atoms with Crippen LogP contribution in [-0.2, 0) is 4.79 Å². The van der Waals surface area contributed by atoms with Gasteiger partial charge in [-0.05, 0) is 19.1 Å². The second-order valence-corrected chi connectivity index (χ2v) is 5.01. The van der Waals surface area contributed by atoms with Crippen molar-refractivity contribution in [1.82, 2.24) is 5.32 Å². The molecular formula is C12H9ClF5NO3. The summed E-state index contributed by atoms with van der Waals surface area (Å²) in [6, 6.07) is 0.748. The molecule has 0 heterocycles. The van der Waals surface area contributed by atoms with Crippen LogP contribution >= 0.6 is 11.6 Å². The van der Waals surface area contributed by atoms with Gasteiger partial charge in [0.1, 0.15) is 17.2 Å². The third kappa shape index (κ3) is 3.85. The molecule has 0 fully saturated rings. The van der Waals surface area contributed by atoms with Crippen molar-refractivity contribution in [1.29, 1.82) is 0 Å². The molecule has 0 bridgehead atoms. The lowest BCUT2D eigenvalue weighted by Gasteiger charge is -2.31. The lowest BCUT2D eigenvalue weighted by atomic mass is 9.96. The van der Waals surface area contributed by atoms with Crippen molar-refractivity contribution < 1.29 is 36.6 Å². The number of rotatable bonds is 4. The summed E-state index contributed by atoms with van der Waals surface area (Å²) in [5.74, 6) is -6.00. The first-order valence-corrected chi connectivity index (χ1v) is 6.01. The van der Waals surface area contributed by atoms with Gasteiger partial charge in [0.05, 0.1) is 17.0 Å². The van der Waals surface area contributed by atoms with Gasteiger partial charge in [0.15, 0.2) is 0 Å². The number of benzene rings is 1. The van der Waals surface area contributed by atoms with Crippen molar-refractivity contribution in [2.24, 2.45) is 0 Å². The number of alkyl halides is 3. The highest BCUT2D eigenvalue weighted by Gasteiger charge is 2.53. The molecule has 1 unspecified atom stereocenters. The molecule has 1 aromatic rings. The number of nitrogens with one attached hydrogen (secondary N) is 1. The number of carboxylic acid groups (broad SMARTS) is 1. The maximum Gasteiger partial charge on any atom is 0.411 e. The molecule has 2 N–H and O–H groups in total. The molecule has 0 saturated heterocycles. The Hall–Kier alpha value is -1.90. The molecule has 0 saturated carbocycles. The number of hydrogen-bond acceptors (Lipinski definition) is 2. The first-order valence-electron chi connectivity index (χ1n) is 5.63. The van der Waals surface area contributed by atoms with Gasteiger partial charge in [-0.2, -0.15) is 13.2 Å². The summed E-state index contributed by atoms with van der Waals surface area (Å²) in [5.41, 5.74) is -4.18. The van der Waals surface area contributed by atoms with Crippen LogP contribution in [0.15, 0.2) is 12.1 Å². The minimum atomic E-state index is -5.12. The summed E-state index contributed by atoms with van der Waals surface area (Å²) in [7, 11) is 0. The minimum absolute atomic E-state index is 0.324. The van der Waals surface area contributed by atoms with E-state index in [2.05, 4.69) is 0 Å². The fourth-order valence-corrected chi connectivity index (χ4v) is 1.68. The van der Waals surface area contributed by atoms with Gasteiger partial charge >= 0.3 is 12.1 Å². The molecular weight excluding hydrogens is 337 g/mol. The predicted octanol–water partition coefficient (Wildman–Crippen LogP) is 3.14. The topological polar surface area (TPSA) is 66.4 Å². The average molecular weight is 346 g/mol. The Morgan fingerprint density at radius 1 is 1.23 bits per heavy atom. The van der Waals surface area contributed by atoms with Crippen LogP contribution in [0.5, 0.6) is 0 Å². The zero-order valence-electron chi connectivity index (χ0n) is 10.9. The molecule has 0 spiro atoms. The third-order valence-electron chi connectivity index (χ3n) is 2.77. The SMILES string of the molecule is CC(CC(=O)O)(NC(=O)c1cc(F)c(Cl)cc1F)C(F)(F)F. The van der Waals surface area contributed by atoms with E-state index in [9.17, 15) is 31.5 Å². The molecule has 22 heavy (non-hydrogen) atoms. The molecule has 1 aromatic carbocycles. The van der Waals surface area contributed by atoms with Crippen molar-refractivity contribution in [3.05, 3.63) is 34.4 Å². The van der Waals surface area contributed by atoms with Crippen LogP contribution in [0, 0.1) is 11.6 Å². The molecule has 0 aromatic heterocycles. The standard InChI is InChI=1S/C12H9ClF5NO3/c1-11(4-9(20)21,12(16,17)18)19-10(22)5-2-8(15)6(13)3-7(5)14/h2-3H,4H2,1H3,(H,19,22)(H,20,21). The minimum Gasteiger partial charge on any atom is -0.481 e. The maximum absolute atomic E-state index is 13.5. The highest BCUT2D eigenvalue weighted by atomic mass is 35.5.